The number of hydrogen-bond acceptors (Lipinski definition) is 4. The van der Waals surface area contributed by atoms with Crippen molar-refractivity contribution in [3.63, 3.8) is 0 Å². The fraction of sp³-hybridized carbons (Fsp3) is 0.211. The number of hydrogen-bond donors (Lipinski definition) is 2. The largest absolute Gasteiger partial charge is 0.497 e. The van der Waals surface area contributed by atoms with Gasteiger partial charge in [-0.05, 0) is 42.0 Å². The summed E-state index contributed by atoms with van der Waals surface area (Å²) in [6.07, 6.45) is 0.237. The highest BCUT2D eigenvalue weighted by Crippen LogP contribution is 2.17. The van der Waals surface area contributed by atoms with Gasteiger partial charge in [-0.1, -0.05) is 12.1 Å². The number of carboxylic acid groups (broad SMARTS) is 1. The Morgan fingerprint density at radius 1 is 1.04 bits per heavy atom. The number of anilines is 1. The van der Waals surface area contributed by atoms with Crippen molar-refractivity contribution in [1.29, 1.82) is 0 Å². The summed E-state index contributed by atoms with van der Waals surface area (Å²) >= 11 is 0. The predicted octanol–water partition coefficient (Wildman–Crippen LogP) is 1.72. The molecule has 0 aliphatic heterocycles. The fourth-order valence-corrected chi connectivity index (χ4v) is 2.27. The molecule has 7 heteroatoms. The van der Waals surface area contributed by atoms with E-state index < -0.39 is 18.4 Å². The maximum Gasteiger partial charge on any atom is 0.322 e. The molecule has 0 atom stereocenters. The second-order valence-electron chi connectivity index (χ2n) is 5.60. The highest BCUT2D eigenvalue weighted by Gasteiger charge is 2.13. The lowest BCUT2D eigenvalue weighted by molar-refractivity contribution is -0.135. The third-order valence-corrected chi connectivity index (χ3v) is 3.81. The Hall–Kier alpha value is -3.35. The lowest BCUT2D eigenvalue weighted by Gasteiger charge is -2.18. The first-order chi connectivity index (χ1) is 12.4. The predicted molar refractivity (Wildman–Crippen MR) is 96.5 cm³/mol. The maximum atomic E-state index is 12.4. The van der Waals surface area contributed by atoms with Crippen LogP contribution in [0.1, 0.15) is 15.9 Å². The van der Waals surface area contributed by atoms with E-state index in [1.54, 1.807) is 50.6 Å². The summed E-state index contributed by atoms with van der Waals surface area (Å²) in [4.78, 5) is 36.2. The third kappa shape index (κ3) is 5.07. The van der Waals surface area contributed by atoms with Crippen LogP contribution in [0.15, 0.2) is 48.5 Å². The van der Waals surface area contributed by atoms with Crippen LogP contribution in [0.25, 0.3) is 0 Å². The first-order valence-electron chi connectivity index (χ1n) is 7.90. The van der Waals surface area contributed by atoms with Crippen LogP contribution < -0.4 is 15.0 Å². The lowest BCUT2D eigenvalue weighted by atomic mass is 10.1. The number of aliphatic carboxylic acids is 1. The molecule has 0 aliphatic rings. The van der Waals surface area contributed by atoms with Crippen LogP contribution in [0, 0.1) is 0 Å². The zero-order valence-corrected chi connectivity index (χ0v) is 14.6. The van der Waals surface area contributed by atoms with Gasteiger partial charge in [0.2, 0.25) is 5.91 Å². The van der Waals surface area contributed by atoms with Crippen molar-refractivity contribution in [2.24, 2.45) is 0 Å². The van der Waals surface area contributed by atoms with Gasteiger partial charge in [0, 0.05) is 18.3 Å². The molecule has 0 aliphatic carbocycles. The highest BCUT2D eigenvalue weighted by atomic mass is 16.5. The van der Waals surface area contributed by atoms with E-state index in [1.807, 2.05) is 12.1 Å². The molecule has 0 saturated heterocycles. The summed E-state index contributed by atoms with van der Waals surface area (Å²) < 4.78 is 5.09. The molecule has 0 saturated carbocycles. The number of methoxy groups -OCH3 is 1. The minimum atomic E-state index is -1.11. The number of nitrogens with zero attached hydrogens (tertiary/aromatic N) is 1. The minimum Gasteiger partial charge on any atom is -0.497 e. The smallest absolute Gasteiger partial charge is 0.322 e. The van der Waals surface area contributed by atoms with Crippen molar-refractivity contribution in [2.75, 3.05) is 25.6 Å². The van der Waals surface area contributed by atoms with Crippen molar-refractivity contribution in [3.05, 3.63) is 59.7 Å². The van der Waals surface area contributed by atoms with Gasteiger partial charge in [-0.3, -0.25) is 14.4 Å². The van der Waals surface area contributed by atoms with E-state index in [9.17, 15) is 14.4 Å². The number of ether oxygens (including phenoxy) is 1. The Morgan fingerprint density at radius 3 is 2.19 bits per heavy atom. The van der Waals surface area contributed by atoms with Crippen LogP contribution in [-0.4, -0.2) is 43.6 Å². The molecule has 2 amide bonds. The van der Waals surface area contributed by atoms with Crippen LogP contribution in [0.4, 0.5) is 5.69 Å². The molecule has 0 aromatic heterocycles. The summed E-state index contributed by atoms with van der Waals surface area (Å²) in [5.41, 5.74) is 1.83. The molecule has 7 nitrogen and oxygen atoms in total. The van der Waals surface area contributed by atoms with Gasteiger partial charge in [-0.2, -0.15) is 0 Å². The molecule has 0 spiro atoms. The molecule has 136 valence electrons. The van der Waals surface area contributed by atoms with E-state index in [-0.39, 0.29) is 12.3 Å². The second kappa shape index (κ2) is 8.66. The van der Waals surface area contributed by atoms with Crippen molar-refractivity contribution >= 4 is 23.5 Å². The average molecular weight is 356 g/mol. The van der Waals surface area contributed by atoms with Gasteiger partial charge >= 0.3 is 5.97 Å². The molecular formula is C19H20N2O5. The first-order valence-corrected chi connectivity index (χ1v) is 7.90. The molecule has 0 bridgehead atoms. The van der Waals surface area contributed by atoms with Gasteiger partial charge < -0.3 is 20.1 Å². The Morgan fingerprint density at radius 2 is 1.65 bits per heavy atom. The van der Waals surface area contributed by atoms with Crippen molar-refractivity contribution in [3.8, 4) is 5.75 Å². The molecule has 0 unspecified atom stereocenters. The Labute approximate surface area is 151 Å². The standard InChI is InChI=1S/C19H20N2O5/c1-21(17(22)11-13-3-9-16(26-2)10-4-13)15-7-5-14(6-8-15)19(25)20-12-18(23)24/h3-10H,11-12H2,1-2H3,(H,20,25)(H,23,24). The number of carbonyl (C=O) groups excluding carboxylic acids is 2. The van der Waals surface area contributed by atoms with Crippen molar-refractivity contribution in [1.82, 2.24) is 5.32 Å². The van der Waals surface area contributed by atoms with Crippen LogP contribution in [-0.2, 0) is 16.0 Å². The molecule has 2 aromatic rings. The minimum absolute atomic E-state index is 0.0988. The number of benzene rings is 2. The quantitative estimate of drug-likeness (QED) is 0.787. The van der Waals surface area contributed by atoms with Gasteiger partial charge in [-0.25, -0.2) is 0 Å². The lowest BCUT2D eigenvalue weighted by Crippen LogP contribution is -2.29. The zero-order valence-electron chi connectivity index (χ0n) is 14.6. The zero-order chi connectivity index (χ0) is 19.1. The normalized spacial score (nSPS) is 10.1. The van der Waals surface area contributed by atoms with Gasteiger partial charge in [-0.15, -0.1) is 0 Å². The van der Waals surface area contributed by atoms with Crippen LogP contribution in [0.2, 0.25) is 0 Å². The third-order valence-electron chi connectivity index (χ3n) is 3.81. The maximum absolute atomic E-state index is 12.4. The summed E-state index contributed by atoms with van der Waals surface area (Å²) in [7, 11) is 3.24. The molecule has 2 N–H and O–H groups in total. The van der Waals surface area contributed by atoms with Crippen molar-refractivity contribution < 1.29 is 24.2 Å². The van der Waals surface area contributed by atoms with E-state index in [1.165, 1.54) is 4.90 Å². The van der Waals surface area contributed by atoms with E-state index in [4.69, 9.17) is 9.84 Å². The Kier molecular flexibility index (Phi) is 6.32. The number of carbonyl (C=O) groups is 3. The highest BCUT2D eigenvalue weighted by molar-refractivity contribution is 5.97. The van der Waals surface area contributed by atoms with Crippen LogP contribution >= 0.6 is 0 Å². The topological polar surface area (TPSA) is 95.9 Å². The summed E-state index contributed by atoms with van der Waals surface area (Å²) in [6.45, 7) is -0.444. The molecule has 2 rings (SSSR count). The molecule has 0 heterocycles. The van der Waals surface area contributed by atoms with Gasteiger partial charge in [0.15, 0.2) is 0 Å². The fourth-order valence-electron chi connectivity index (χ4n) is 2.27. The van der Waals surface area contributed by atoms with Crippen LogP contribution in [0.5, 0.6) is 5.75 Å². The second-order valence-corrected chi connectivity index (χ2v) is 5.60. The number of carboxylic acids is 1. The summed E-state index contributed by atoms with van der Waals surface area (Å²) in [5.74, 6) is -0.963. The first kappa shape index (κ1) is 19.0. The van der Waals surface area contributed by atoms with Gasteiger partial charge in [0.1, 0.15) is 12.3 Å². The van der Waals surface area contributed by atoms with E-state index >= 15 is 0 Å². The number of likely N-dealkylation sites (N-methyl/N-ethyl adjacent to an activating group) is 1. The molecular weight excluding hydrogens is 336 g/mol. The summed E-state index contributed by atoms with van der Waals surface area (Å²) in [5, 5.41) is 10.9. The molecule has 2 aromatic carbocycles. The molecule has 0 radical (unpaired) electrons. The van der Waals surface area contributed by atoms with Crippen molar-refractivity contribution in [2.45, 2.75) is 6.42 Å². The average Bonchev–Trinajstić information content (AvgIpc) is 2.66. The number of amides is 2. The Bertz CT molecular complexity index is 785. The van der Waals surface area contributed by atoms with Gasteiger partial charge in [0.25, 0.3) is 5.91 Å². The van der Waals surface area contributed by atoms with E-state index in [0.717, 1.165) is 11.3 Å². The monoisotopic (exact) mass is 356 g/mol. The number of rotatable bonds is 7. The number of nitrogens with one attached hydrogen (secondary N) is 1. The summed E-state index contributed by atoms with van der Waals surface area (Å²) in [6, 6.07) is 13.6. The molecule has 0 fully saturated rings. The SMILES string of the molecule is COc1ccc(CC(=O)N(C)c2ccc(C(=O)NCC(=O)O)cc2)cc1. The Balaban J connectivity index is 1.99. The van der Waals surface area contributed by atoms with Gasteiger partial charge in [0.05, 0.1) is 13.5 Å². The molecule has 26 heavy (non-hydrogen) atoms. The van der Waals surface area contributed by atoms with E-state index in [0.29, 0.717) is 11.3 Å². The van der Waals surface area contributed by atoms with E-state index in [2.05, 4.69) is 5.32 Å². The van der Waals surface area contributed by atoms with Crippen LogP contribution in [0.3, 0.4) is 0 Å².